The van der Waals surface area contributed by atoms with Gasteiger partial charge >= 0.3 is 0 Å². The van der Waals surface area contributed by atoms with Gasteiger partial charge < -0.3 is 20.1 Å². The Morgan fingerprint density at radius 2 is 2.00 bits per heavy atom. The van der Waals surface area contributed by atoms with Gasteiger partial charge in [0.1, 0.15) is 12.4 Å². The molecular weight excluding hydrogens is 489 g/mol. The predicted molar refractivity (Wildman–Crippen MR) is 135 cm³/mol. The SMILES string of the molecule is CCN(CCNC(=NCc1nnc(C)n1C)NC1CCCC1)c1cccc(C)c1.I. The second-order valence-corrected chi connectivity index (χ2v) is 7.86. The molecule has 1 heterocycles. The Morgan fingerprint density at radius 3 is 2.63 bits per heavy atom. The maximum absolute atomic E-state index is 4.79. The molecule has 1 aliphatic carbocycles. The van der Waals surface area contributed by atoms with E-state index >= 15 is 0 Å². The lowest BCUT2D eigenvalue weighted by Gasteiger charge is -2.25. The van der Waals surface area contributed by atoms with E-state index in [1.165, 1.54) is 36.9 Å². The number of halogens is 1. The Balaban J connectivity index is 0.00000320. The minimum atomic E-state index is 0. The van der Waals surface area contributed by atoms with Crippen molar-refractivity contribution >= 4 is 35.6 Å². The monoisotopic (exact) mass is 525 g/mol. The van der Waals surface area contributed by atoms with Crippen molar-refractivity contribution in [2.75, 3.05) is 24.5 Å². The van der Waals surface area contributed by atoms with Crippen LogP contribution < -0.4 is 15.5 Å². The third kappa shape index (κ3) is 6.85. The average Bonchev–Trinajstić information content (AvgIpc) is 3.34. The highest BCUT2D eigenvalue weighted by Gasteiger charge is 2.16. The van der Waals surface area contributed by atoms with Gasteiger partial charge in [0.2, 0.25) is 0 Å². The zero-order chi connectivity index (χ0) is 20.6. The third-order valence-corrected chi connectivity index (χ3v) is 5.68. The van der Waals surface area contributed by atoms with Crippen LogP contribution in [0.25, 0.3) is 0 Å². The summed E-state index contributed by atoms with van der Waals surface area (Å²) in [7, 11) is 1.98. The first kappa shape index (κ1) is 24.4. The highest BCUT2D eigenvalue weighted by molar-refractivity contribution is 14.0. The molecule has 0 saturated heterocycles. The van der Waals surface area contributed by atoms with Crippen LogP contribution >= 0.6 is 24.0 Å². The van der Waals surface area contributed by atoms with Crippen molar-refractivity contribution in [1.29, 1.82) is 0 Å². The molecule has 0 amide bonds. The zero-order valence-electron chi connectivity index (χ0n) is 18.7. The molecule has 30 heavy (non-hydrogen) atoms. The number of nitrogens with one attached hydrogen (secondary N) is 2. The maximum Gasteiger partial charge on any atom is 0.191 e. The van der Waals surface area contributed by atoms with Crippen LogP contribution in [-0.2, 0) is 13.6 Å². The minimum Gasteiger partial charge on any atom is -0.370 e. The first-order valence-electron chi connectivity index (χ1n) is 10.8. The number of likely N-dealkylation sites (N-methyl/N-ethyl adjacent to an activating group) is 1. The molecule has 0 bridgehead atoms. The molecule has 0 spiro atoms. The van der Waals surface area contributed by atoms with Gasteiger partial charge in [0.15, 0.2) is 11.8 Å². The zero-order valence-corrected chi connectivity index (χ0v) is 21.0. The number of aliphatic imine (C=N–C) groups is 1. The highest BCUT2D eigenvalue weighted by atomic mass is 127. The molecule has 1 aromatic heterocycles. The third-order valence-electron chi connectivity index (χ3n) is 5.68. The van der Waals surface area contributed by atoms with Gasteiger partial charge in [-0.05, 0) is 51.3 Å². The maximum atomic E-state index is 4.79. The summed E-state index contributed by atoms with van der Waals surface area (Å²) < 4.78 is 1.99. The molecule has 8 heteroatoms. The van der Waals surface area contributed by atoms with Crippen LogP contribution in [0.5, 0.6) is 0 Å². The van der Waals surface area contributed by atoms with Crippen LogP contribution in [0.3, 0.4) is 0 Å². The number of nitrogens with zero attached hydrogens (tertiary/aromatic N) is 5. The summed E-state index contributed by atoms with van der Waals surface area (Å²) in [5, 5.41) is 15.5. The van der Waals surface area contributed by atoms with Crippen molar-refractivity contribution in [2.24, 2.45) is 12.0 Å². The van der Waals surface area contributed by atoms with Crippen molar-refractivity contribution in [3.05, 3.63) is 41.5 Å². The molecule has 0 radical (unpaired) electrons. The van der Waals surface area contributed by atoms with E-state index in [-0.39, 0.29) is 24.0 Å². The fraction of sp³-hybridized carbons (Fsp3) is 0.591. The van der Waals surface area contributed by atoms with Crippen LogP contribution in [-0.4, -0.2) is 46.4 Å². The lowest BCUT2D eigenvalue weighted by Crippen LogP contribution is -2.45. The van der Waals surface area contributed by atoms with Gasteiger partial charge in [0, 0.05) is 38.4 Å². The Kier molecular flexibility index (Phi) is 9.87. The van der Waals surface area contributed by atoms with Gasteiger partial charge in [-0.2, -0.15) is 0 Å². The van der Waals surface area contributed by atoms with E-state index in [1.807, 2.05) is 18.5 Å². The molecule has 0 unspecified atom stereocenters. The fourth-order valence-corrected chi connectivity index (χ4v) is 3.76. The van der Waals surface area contributed by atoms with Crippen LogP contribution in [0.15, 0.2) is 29.3 Å². The summed E-state index contributed by atoms with van der Waals surface area (Å²) in [5.41, 5.74) is 2.56. The van der Waals surface area contributed by atoms with Gasteiger partial charge in [-0.1, -0.05) is 25.0 Å². The first-order valence-corrected chi connectivity index (χ1v) is 10.8. The number of rotatable bonds is 8. The fourth-order valence-electron chi connectivity index (χ4n) is 3.76. The summed E-state index contributed by atoms with van der Waals surface area (Å²) in [6, 6.07) is 9.20. The number of hydrogen-bond donors (Lipinski definition) is 2. The van der Waals surface area contributed by atoms with Gasteiger partial charge in [-0.3, -0.25) is 0 Å². The molecular formula is C22H36IN7. The summed E-state index contributed by atoms with van der Waals surface area (Å²) in [6.07, 6.45) is 5.02. The molecule has 1 saturated carbocycles. The van der Waals surface area contributed by atoms with Crippen LogP contribution in [0.1, 0.15) is 49.8 Å². The number of hydrogen-bond acceptors (Lipinski definition) is 4. The van der Waals surface area contributed by atoms with E-state index in [4.69, 9.17) is 4.99 Å². The number of aryl methyl sites for hydroxylation is 2. The topological polar surface area (TPSA) is 70.4 Å². The number of aromatic nitrogens is 3. The van der Waals surface area contributed by atoms with Crippen molar-refractivity contribution in [2.45, 2.75) is 59.0 Å². The second-order valence-electron chi connectivity index (χ2n) is 7.86. The van der Waals surface area contributed by atoms with Crippen molar-refractivity contribution in [3.8, 4) is 0 Å². The van der Waals surface area contributed by atoms with E-state index in [0.29, 0.717) is 12.6 Å². The molecule has 7 nitrogen and oxygen atoms in total. The number of anilines is 1. The van der Waals surface area contributed by atoms with Gasteiger partial charge in [-0.25, -0.2) is 4.99 Å². The number of benzene rings is 1. The van der Waals surface area contributed by atoms with Crippen molar-refractivity contribution in [1.82, 2.24) is 25.4 Å². The smallest absolute Gasteiger partial charge is 0.191 e. The molecule has 0 aliphatic heterocycles. The van der Waals surface area contributed by atoms with Crippen molar-refractivity contribution < 1.29 is 0 Å². The van der Waals surface area contributed by atoms with E-state index in [1.54, 1.807) is 0 Å². The lowest BCUT2D eigenvalue weighted by atomic mass is 10.2. The lowest BCUT2D eigenvalue weighted by molar-refractivity contribution is 0.609. The van der Waals surface area contributed by atoms with E-state index in [9.17, 15) is 0 Å². The van der Waals surface area contributed by atoms with E-state index in [2.05, 4.69) is 63.8 Å². The van der Waals surface area contributed by atoms with Gasteiger partial charge in [-0.15, -0.1) is 34.2 Å². The predicted octanol–water partition coefficient (Wildman–Crippen LogP) is 3.55. The summed E-state index contributed by atoms with van der Waals surface area (Å²) >= 11 is 0. The average molecular weight is 525 g/mol. The molecule has 1 aliphatic rings. The molecule has 3 rings (SSSR count). The molecule has 0 atom stereocenters. The van der Waals surface area contributed by atoms with Crippen molar-refractivity contribution in [3.63, 3.8) is 0 Å². The quantitative estimate of drug-likeness (QED) is 0.314. The second kappa shape index (κ2) is 12.1. The van der Waals surface area contributed by atoms with Gasteiger partial charge in [0.05, 0.1) is 0 Å². The van der Waals surface area contributed by atoms with Crippen LogP contribution in [0, 0.1) is 13.8 Å². The standard InChI is InChI=1S/C22H35N7.HI/c1-5-29(20-12-8-9-17(2)15-20)14-13-23-22(25-19-10-6-7-11-19)24-16-21-27-26-18(3)28(21)4;/h8-9,12,15,19H,5-7,10-11,13-14,16H2,1-4H3,(H2,23,24,25);1H. The highest BCUT2D eigenvalue weighted by Crippen LogP contribution is 2.17. The van der Waals surface area contributed by atoms with Crippen LogP contribution in [0.2, 0.25) is 0 Å². The van der Waals surface area contributed by atoms with E-state index in [0.717, 1.165) is 37.2 Å². The Bertz CT molecular complexity index is 812. The molecule has 1 aromatic carbocycles. The van der Waals surface area contributed by atoms with Gasteiger partial charge in [0.25, 0.3) is 0 Å². The summed E-state index contributed by atoms with van der Waals surface area (Å²) in [5.74, 6) is 2.66. The molecule has 166 valence electrons. The number of guanidine groups is 1. The molecule has 2 aromatic rings. The van der Waals surface area contributed by atoms with E-state index < -0.39 is 0 Å². The molecule has 1 fully saturated rings. The Labute approximate surface area is 197 Å². The summed E-state index contributed by atoms with van der Waals surface area (Å²) in [4.78, 5) is 7.18. The Morgan fingerprint density at radius 1 is 1.23 bits per heavy atom. The molecule has 2 N–H and O–H groups in total. The largest absolute Gasteiger partial charge is 0.370 e. The summed E-state index contributed by atoms with van der Waals surface area (Å²) in [6.45, 7) is 9.55. The first-order chi connectivity index (χ1) is 14.1. The van der Waals surface area contributed by atoms with Crippen LogP contribution in [0.4, 0.5) is 5.69 Å². The minimum absolute atomic E-state index is 0. The Hall–Kier alpha value is -1.84. The normalized spacial score (nSPS) is 14.5.